The second-order valence-electron chi connectivity index (χ2n) is 11.3. The van der Waals surface area contributed by atoms with Crippen LogP contribution in [0.3, 0.4) is 0 Å². The fraction of sp³-hybridized carbons (Fsp3) is 0.400. The molecule has 0 unspecified atom stereocenters. The number of hydrogen-bond donors (Lipinski definition) is 3. The minimum absolute atomic E-state index is 0.0284. The molecule has 46 heavy (non-hydrogen) atoms. The van der Waals surface area contributed by atoms with Crippen LogP contribution < -0.4 is 16.0 Å². The minimum Gasteiger partial charge on any atom is -0.353 e. The van der Waals surface area contributed by atoms with E-state index in [9.17, 15) is 22.8 Å². The number of amides is 2. The smallest absolute Gasteiger partial charge is 0.353 e. The molecule has 16 heteroatoms. The molecule has 0 bridgehead atoms. The summed E-state index contributed by atoms with van der Waals surface area (Å²) in [6.45, 7) is 2.34. The Kier molecular flexibility index (Phi) is 8.83. The highest BCUT2D eigenvalue weighted by Crippen LogP contribution is 2.37. The number of rotatable bonds is 7. The van der Waals surface area contributed by atoms with E-state index in [1.807, 2.05) is 0 Å². The van der Waals surface area contributed by atoms with Gasteiger partial charge in [0, 0.05) is 49.3 Å². The highest BCUT2D eigenvalue weighted by molar-refractivity contribution is 6.34. The zero-order valence-corrected chi connectivity index (χ0v) is 25.3. The van der Waals surface area contributed by atoms with E-state index in [4.69, 9.17) is 16.9 Å². The van der Waals surface area contributed by atoms with Crippen molar-refractivity contribution in [2.75, 3.05) is 31.5 Å². The number of fused-ring (bicyclic) bond motifs is 1. The Morgan fingerprint density at radius 2 is 1.89 bits per heavy atom. The van der Waals surface area contributed by atoms with Gasteiger partial charge < -0.3 is 20.9 Å². The molecule has 0 radical (unpaired) electrons. The maximum Gasteiger partial charge on any atom is 0.435 e. The molecule has 4 aromatic rings. The van der Waals surface area contributed by atoms with E-state index in [-0.39, 0.29) is 58.1 Å². The molecule has 2 aliphatic rings. The standard InChI is InChI=1S/C30H30ClF3N10O2/c31-23-15-20(1-2-21(23)29(46)42-11-5-19(6-12-42)40-28(45)18-3-8-36-9-4-18)39-26-27-38-16-24(44(27)14-10-37-26)22-17-43(13-7-35)41-25(22)30(32,33)34/h1-2,10,14-19,36H,3-6,8-9,11-13H2,(H,37,39)(H,40,45). The van der Waals surface area contributed by atoms with Crippen molar-refractivity contribution < 1.29 is 22.8 Å². The Morgan fingerprint density at radius 1 is 1.13 bits per heavy atom. The van der Waals surface area contributed by atoms with E-state index >= 15 is 0 Å². The topological polar surface area (TPSA) is 145 Å². The normalized spacial score (nSPS) is 16.4. The molecule has 12 nitrogen and oxygen atoms in total. The van der Waals surface area contributed by atoms with Crippen molar-refractivity contribution in [3.63, 3.8) is 0 Å². The van der Waals surface area contributed by atoms with Gasteiger partial charge in [-0.25, -0.2) is 9.97 Å². The van der Waals surface area contributed by atoms with Gasteiger partial charge in [-0.3, -0.25) is 18.7 Å². The summed E-state index contributed by atoms with van der Waals surface area (Å²) in [5, 5.41) is 22.2. The van der Waals surface area contributed by atoms with E-state index in [2.05, 4.69) is 31.0 Å². The number of aromatic nitrogens is 5. The summed E-state index contributed by atoms with van der Waals surface area (Å²) in [7, 11) is 0. The largest absolute Gasteiger partial charge is 0.435 e. The third kappa shape index (κ3) is 6.49. The maximum absolute atomic E-state index is 13.8. The number of halogens is 4. The average molecular weight is 655 g/mol. The van der Waals surface area contributed by atoms with Crippen molar-refractivity contribution in [2.24, 2.45) is 5.92 Å². The Morgan fingerprint density at radius 3 is 2.59 bits per heavy atom. The van der Waals surface area contributed by atoms with Gasteiger partial charge in [0.2, 0.25) is 5.91 Å². The molecule has 6 rings (SSSR count). The molecule has 2 aliphatic heterocycles. The summed E-state index contributed by atoms with van der Waals surface area (Å²) in [4.78, 5) is 36.3. The first-order valence-electron chi connectivity index (χ1n) is 14.8. The van der Waals surface area contributed by atoms with Gasteiger partial charge in [-0.1, -0.05) is 11.6 Å². The molecule has 3 aromatic heterocycles. The summed E-state index contributed by atoms with van der Waals surface area (Å²) in [6.07, 6.45) is 3.56. The van der Waals surface area contributed by atoms with Crippen LogP contribution in [0.25, 0.3) is 16.9 Å². The summed E-state index contributed by atoms with van der Waals surface area (Å²) in [5.74, 6) is 0.157. The number of alkyl halides is 3. The molecule has 1 aromatic carbocycles. The van der Waals surface area contributed by atoms with Crippen LogP contribution >= 0.6 is 11.6 Å². The summed E-state index contributed by atoms with van der Waals surface area (Å²) >= 11 is 6.55. The van der Waals surface area contributed by atoms with Crippen molar-refractivity contribution in [1.82, 2.24) is 39.7 Å². The lowest BCUT2D eigenvalue weighted by Crippen LogP contribution is -2.49. The third-order valence-corrected chi connectivity index (χ3v) is 8.58. The van der Waals surface area contributed by atoms with Gasteiger partial charge in [-0.2, -0.15) is 23.5 Å². The number of nitriles is 1. The van der Waals surface area contributed by atoms with Crippen LogP contribution in [0.5, 0.6) is 0 Å². The summed E-state index contributed by atoms with van der Waals surface area (Å²) < 4.78 is 43.7. The number of imidazole rings is 1. The van der Waals surface area contributed by atoms with Crippen LogP contribution in [0.15, 0.2) is 43.0 Å². The number of nitrogens with one attached hydrogen (secondary N) is 3. The molecule has 0 spiro atoms. The van der Waals surface area contributed by atoms with Crippen molar-refractivity contribution in [2.45, 2.75) is 44.4 Å². The minimum atomic E-state index is -4.75. The molecule has 2 amide bonds. The molecule has 2 fully saturated rings. The summed E-state index contributed by atoms with van der Waals surface area (Å²) in [6, 6.07) is 6.65. The van der Waals surface area contributed by atoms with Gasteiger partial charge in [0.1, 0.15) is 6.54 Å². The van der Waals surface area contributed by atoms with Crippen molar-refractivity contribution in [3.8, 4) is 17.3 Å². The van der Waals surface area contributed by atoms with Crippen molar-refractivity contribution in [3.05, 3.63) is 59.3 Å². The van der Waals surface area contributed by atoms with Gasteiger partial charge in [-0.05, 0) is 57.0 Å². The van der Waals surface area contributed by atoms with Crippen LogP contribution in [-0.2, 0) is 17.5 Å². The Hall–Kier alpha value is -4.68. The SMILES string of the molecule is N#CCn1cc(-c2cnc3c(Nc4ccc(C(=O)N5CCC(NC(=O)C6CCNCC6)CC5)c(Cl)c4)nccn23)c(C(F)(F)F)n1. The number of nitrogens with zero attached hydrogens (tertiary/aromatic N) is 7. The fourth-order valence-corrected chi connectivity index (χ4v) is 6.14. The monoisotopic (exact) mass is 654 g/mol. The summed E-state index contributed by atoms with van der Waals surface area (Å²) in [5.41, 5.74) is -0.187. The van der Waals surface area contributed by atoms with E-state index in [1.54, 1.807) is 29.2 Å². The lowest BCUT2D eigenvalue weighted by molar-refractivity contribution is -0.141. The number of carbonyl (C=O) groups is 2. The van der Waals surface area contributed by atoms with Crippen molar-refractivity contribution >= 4 is 40.6 Å². The van der Waals surface area contributed by atoms with Gasteiger partial charge in [0.25, 0.3) is 5.91 Å². The second kappa shape index (κ2) is 13.0. The van der Waals surface area contributed by atoms with Crippen LogP contribution in [0.2, 0.25) is 5.02 Å². The number of likely N-dealkylation sites (tertiary alicyclic amines) is 1. The first-order valence-corrected chi connectivity index (χ1v) is 15.2. The lowest BCUT2D eigenvalue weighted by Gasteiger charge is -2.33. The highest BCUT2D eigenvalue weighted by atomic mass is 35.5. The predicted octanol–water partition coefficient (Wildman–Crippen LogP) is 4.25. The number of benzene rings is 1. The van der Waals surface area contributed by atoms with Crippen LogP contribution in [-0.4, -0.2) is 73.1 Å². The number of carbonyl (C=O) groups excluding carboxylic acids is 2. The zero-order chi connectivity index (χ0) is 32.4. The fourth-order valence-electron chi connectivity index (χ4n) is 5.88. The molecule has 3 N–H and O–H groups in total. The predicted molar refractivity (Wildman–Crippen MR) is 162 cm³/mol. The Labute approximate surface area is 266 Å². The van der Waals surface area contributed by atoms with E-state index in [1.165, 1.54) is 23.0 Å². The van der Waals surface area contributed by atoms with E-state index in [0.29, 0.717) is 37.2 Å². The lowest BCUT2D eigenvalue weighted by atomic mass is 9.95. The van der Waals surface area contributed by atoms with Gasteiger partial charge >= 0.3 is 6.18 Å². The van der Waals surface area contributed by atoms with E-state index in [0.717, 1.165) is 36.8 Å². The second-order valence-corrected chi connectivity index (χ2v) is 11.7. The van der Waals surface area contributed by atoms with E-state index < -0.39 is 11.9 Å². The van der Waals surface area contributed by atoms with Gasteiger partial charge in [0.15, 0.2) is 17.2 Å². The van der Waals surface area contributed by atoms with Crippen molar-refractivity contribution in [1.29, 1.82) is 5.26 Å². The molecule has 0 saturated carbocycles. The van der Waals surface area contributed by atoms with Crippen LogP contribution in [0, 0.1) is 17.2 Å². The molecule has 5 heterocycles. The zero-order valence-electron chi connectivity index (χ0n) is 24.5. The maximum atomic E-state index is 13.8. The van der Waals surface area contributed by atoms with Gasteiger partial charge in [0.05, 0.1) is 34.1 Å². The Bertz CT molecular complexity index is 1800. The molecular weight excluding hydrogens is 625 g/mol. The first kappa shape index (κ1) is 31.3. The first-order chi connectivity index (χ1) is 22.1. The molecule has 240 valence electrons. The highest BCUT2D eigenvalue weighted by Gasteiger charge is 2.38. The number of hydrogen-bond acceptors (Lipinski definition) is 8. The molecular formula is C30H30ClF3N10O2. The molecule has 0 aliphatic carbocycles. The number of anilines is 2. The quantitative estimate of drug-likeness (QED) is 0.268. The average Bonchev–Trinajstić information content (AvgIpc) is 3.67. The van der Waals surface area contributed by atoms with Crippen LogP contribution in [0.1, 0.15) is 41.7 Å². The molecule has 0 atom stereocenters. The van der Waals surface area contributed by atoms with Gasteiger partial charge in [-0.15, -0.1) is 0 Å². The Balaban J connectivity index is 1.14. The molecule has 2 saturated heterocycles. The third-order valence-electron chi connectivity index (χ3n) is 8.27. The van der Waals surface area contributed by atoms with Crippen LogP contribution in [0.4, 0.5) is 24.7 Å². The number of piperidine rings is 2.